The Bertz CT molecular complexity index is 613. The molecule has 4 heteroatoms. The lowest BCUT2D eigenvalue weighted by Gasteiger charge is -2.09. The molecule has 0 aliphatic carbocycles. The molecular weight excluding hydrogens is 268 g/mol. The molecule has 1 aromatic carbocycles. The topological polar surface area (TPSA) is 52.9 Å². The molecule has 20 heavy (non-hydrogen) atoms. The molecule has 0 saturated heterocycles. The van der Waals surface area contributed by atoms with Crippen molar-refractivity contribution >= 4 is 17.2 Å². The summed E-state index contributed by atoms with van der Waals surface area (Å²) in [5.74, 6) is -0.846. The molecule has 0 aliphatic heterocycles. The summed E-state index contributed by atoms with van der Waals surface area (Å²) in [6.45, 7) is 2.52. The number of hydrogen-bond donors (Lipinski definition) is 1. The molecule has 3 nitrogen and oxygen atoms in total. The van der Waals surface area contributed by atoms with Gasteiger partial charge in [-0.3, -0.25) is 4.79 Å². The minimum absolute atomic E-state index is 0.206. The van der Waals surface area contributed by atoms with Gasteiger partial charge in [-0.05, 0) is 31.0 Å². The van der Waals surface area contributed by atoms with Gasteiger partial charge >= 0.3 is 0 Å². The van der Waals surface area contributed by atoms with Crippen LogP contribution in [0, 0.1) is 24.2 Å². The van der Waals surface area contributed by atoms with Crippen molar-refractivity contribution in [3.05, 3.63) is 57.8 Å². The van der Waals surface area contributed by atoms with Crippen LogP contribution in [-0.2, 0) is 17.8 Å². The smallest absolute Gasteiger partial charge is 0.237 e. The first-order valence-corrected chi connectivity index (χ1v) is 7.27. The first-order chi connectivity index (χ1) is 9.69. The highest BCUT2D eigenvalue weighted by Gasteiger charge is 2.18. The molecule has 1 heterocycles. The molecule has 0 spiro atoms. The quantitative estimate of drug-likeness (QED) is 0.917. The lowest BCUT2D eigenvalue weighted by Crippen LogP contribution is -2.30. The van der Waals surface area contributed by atoms with Gasteiger partial charge in [-0.15, -0.1) is 11.3 Å². The number of aryl methyl sites for hydroxylation is 1. The van der Waals surface area contributed by atoms with E-state index in [0.717, 1.165) is 10.4 Å². The molecule has 1 amide bonds. The Kier molecular flexibility index (Phi) is 4.91. The maximum Gasteiger partial charge on any atom is 0.237 e. The number of thiophene rings is 1. The molecule has 1 aromatic heterocycles. The number of rotatable bonds is 5. The van der Waals surface area contributed by atoms with Gasteiger partial charge in [0.15, 0.2) is 0 Å². The Hall–Kier alpha value is -2.12. The molecule has 0 radical (unpaired) electrons. The predicted octanol–water partition coefficient (Wildman–Crippen LogP) is 3.06. The van der Waals surface area contributed by atoms with Gasteiger partial charge in [-0.2, -0.15) is 5.26 Å². The zero-order chi connectivity index (χ0) is 14.4. The van der Waals surface area contributed by atoms with Crippen molar-refractivity contribution in [1.29, 1.82) is 5.26 Å². The second kappa shape index (κ2) is 6.88. The second-order valence-electron chi connectivity index (χ2n) is 4.60. The van der Waals surface area contributed by atoms with Crippen molar-refractivity contribution in [2.24, 2.45) is 5.92 Å². The van der Waals surface area contributed by atoms with Crippen molar-refractivity contribution in [2.75, 3.05) is 0 Å². The van der Waals surface area contributed by atoms with E-state index in [1.807, 2.05) is 49.4 Å². The van der Waals surface area contributed by atoms with Crippen molar-refractivity contribution in [3.63, 3.8) is 0 Å². The van der Waals surface area contributed by atoms with Crippen LogP contribution in [0.2, 0.25) is 0 Å². The zero-order valence-corrected chi connectivity index (χ0v) is 12.1. The molecule has 2 aromatic rings. The average molecular weight is 284 g/mol. The summed E-state index contributed by atoms with van der Waals surface area (Å²) in [7, 11) is 0. The van der Waals surface area contributed by atoms with E-state index < -0.39 is 5.92 Å². The molecule has 1 atom stereocenters. The van der Waals surface area contributed by atoms with Gasteiger partial charge in [0.2, 0.25) is 5.91 Å². The van der Waals surface area contributed by atoms with Crippen LogP contribution >= 0.6 is 11.3 Å². The number of amides is 1. The molecule has 102 valence electrons. The van der Waals surface area contributed by atoms with Gasteiger partial charge < -0.3 is 5.32 Å². The van der Waals surface area contributed by atoms with Gasteiger partial charge in [-0.25, -0.2) is 0 Å². The average Bonchev–Trinajstić information content (AvgIpc) is 2.89. The predicted molar refractivity (Wildman–Crippen MR) is 80.2 cm³/mol. The molecule has 0 bridgehead atoms. The maximum absolute atomic E-state index is 12.0. The molecule has 0 fully saturated rings. The molecule has 1 unspecified atom stereocenters. The summed E-state index contributed by atoms with van der Waals surface area (Å²) in [6, 6.07) is 15.7. The highest BCUT2D eigenvalue weighted by molar-refractivity contribution is 7.11. The van der Waals surface area contributed by atoms with E-state index in [0.29, 0.717) is 13.0 Å². The van der Waals surface area contributed by atoms with E-state index in [9.17, 15) is 4.79 Å². The first-order valence-electron chi connectivity index (χ1n) is 6.45. The van der Waals surface area contributed by atoms with Crippen LogP contribution in [0.1, 0.15) is 15.3 Å². The van der Waals surface area contributed by atoms with Crippen molar-refractivity contribution < 1.29 is 4.79 Å². The molecule has 0 aliphatic rings. The Labute approximate surface area is 122 Å². The van der Waals surface area contributed by atoms with Crippen LogP contribution in [0.4, 0.5) is 0 Å². The highest BCUT2D eigenvalue weighted by atomic mass is 32.1. The largest absolute Gasteiger partial charge is 0.350 e. The van der Waals surface area contributed by atoms with Crippen LogP contribution in [0.3, 0.4) is 0 Å². The third-order valence-electron chi connectivity index (χ3n) is 2.99. The monoisotopic (exact) mass is 284 g/mol. The van der Waals surface area contributed by atoms with Crippen molar-refractivity contribution in [2.45, 2.75) is 19.9 Å². The van der Waals surface area contributed by atoms with E-state index in [4.69, 9.17) is 5.26 Å². The number of nitrogens with one attached hydrogen (secondary N) is 1. The number of hydrogen-bond acceptors (Lipinski definition) is 3. The first kappa shape index (κ1) is 14.3. The van der Waals surface area contributed by atoms with Gasteiger partial charge in [0.1, 0.15) is 5.92 Å². The fourth-order valence-corrected chi connectivity index (χ4v) is 2.75. The van der Waals surface area contributed by atoms with Crippen LogP contribution < -0.4 is 5.32 Å². The second-order valence-corrected chi connectivity index (χ2v) is 5.97. The number of benzene rings is 1. The minimum atomic E-state index is -0.640. The number of nitriles is 1. The fourth-order valence-electron chi connectivity index (χ4n) is 1.92. The Morgan fingerprint density at radius 1 is 1.30 bits per heavy atom. The summed E-state index contributed by atoms with van der Waals surface area (Å²) < 4.78 is 0. The normalized spacial score (nSPS) is 11.6. The Morgan fingerprint density at radius 2 is 2.05 bits per heavy atom. The lowest BCUT2D eigenvalue weighted by molar-refractivity contribution is -0.123. The summed E-state index contributed by atoms with van der Waals surface area (Å²) in [5.41, 5.74) is 1.00. The SMILES string of the molecule is Cc1ccc(CNC(=O)C(C#N)Cc2ccccc2)s1. The number of carbonyl (C=O) groups is 1. The molecule has 2 rings (SSSR count). The fraction of sp³-hybridized carbons (Fsp3) is 0.250. The molecule has 0 saturated carbocycles. The van der Waals surface area contributed by atoms with Gasteiger partial charge in [0, 0.05) is 9.75 Å². The third-order valence-corrected chi connectivity index (χ3v) is 3.99. The van der Waals surface area contributed by atoms with E-state index in [1.165, 1.54) is 4.88 Å². The Balaban J connectivity index is 1.91. The van der Waals surface area contributed by atoms with Gasteiger partial charge in [0.25, 0.3) is 0 Å². The van der Waals surface area contributed by atoms with E-state index in [-0.39, 0.29) is 5.91 Å². The van der Waals surface area contributed by atoms with Crippen molar-refractivity contribution in [1.82, 2.24) is 5.32 Å². The van der Waals surface area contributed by atoms with E-state index >= 15 is 0 Å². The summed E-state index contributed by atoms with van der Waals surface area (Å²) in [4.78, 5) is 14.4. The van der Waals surface area contributed by atoms with Crippen LogP contribution in [0.25, 0.3) is 0 Å². The standard InChI is InChI=1S/C16H16N2OS/c1-12-7-8-15(20-12)11-18-16(19)14(10-17)9-13-5-3-2-4-6-13/h2-8,14H,9,11H2,1H3,(H,18,19). The van der Waals surface area contributed by atoms with E-state index in [1.54, 1.807) is 11.3 Å². The van der Waals surface area contributed by atoms with Crippen LogP contribution in [0.5, 0.6) is 0 Å². The highest BCUT2D eigenvalue weighted by Crippen LogP contribution is 2.15. The minimum Gasteiger partial charge on any atom is -0.350 e. The van der Waals surface area contributed by atoms with Gasteiger partial charge in [0.05, 0.1) is 12.6 Å². The summed E-state index contributed by atoms with van der Waals surface area (Å²) in [5, 5.41) is 12.0. The lowest BCUT2D eigenvalue weighted by atomic mass is 10.00. The maximum atomic E-state index is 12.0. The Morgan fingerprint density at radius 3 is 2.65 bits per heavy atom. The van der Waals surface area contributed by atoms with E-state index in [2.05, 4.69) is 11.4 Å². The molecule has 1 N–H and O–H groups in total. The van der Waals surface area contributed by atoms with Crippen LogP contribution in [-0.4, -0.2) is 5.91 Å². The number of nitrogens with zero attached hydrogens (tertiary/aromatic N) is 1. The number of carbonyl (C=O) groups excluding carboxylic acids is 1. The van der Waals surface area contributed by atoms with Crippen molar-refractivity contribution in [3.8, 4) is 6.07 Å². The molecular formula is C16H16N2OS. The summed E-state index contributed by atoms with van der Waals surface area (Å²) in [6.07, 6.45) is 0.451. The van der Waals surface area contributed by atoms with Crippen LogP contribution in [0.15, 0.2) is 42.5 Å². The zero-order valence-electron chi connectivity index (χ0n) is 11.3. The van der Waals surface area contributed by atoms with Gasteiger partial charge in [-0.1, -0.05) is 30.3 Å². The third kappa shape index (κ3) is 3.94. The summed E-state index contributed by atoms with van der Waals surface area (Å²) >= 11 is 1.66.